The molecule has 0 unspecified atom stereocenters. The molecule has 4 aromatic rings. The Labute approximate surface area is 161 Å². The first-order valence-corrected chi connectivity index (χ1v) is 8.66. The van der Waals surface area contributed by atoms with E-state index in [2.05, 4.69) is 20.3 Å². The summed E-state index contributed by atoms with van der Waals surface area (Å²) in [5, 5.41) is 4.06. The number of carbonyl (C=O) groups is 1. The predicted molar refractivity (Wildman–Crippen MR) is 106 cm³/mol. The molecule has 0 bridgehead atoms. The number of hydrogen-bond acceptors (Lipinski definition) is 6. The zero-order valence-electron chi connectivity index (χ0n) is 14.9. The van der Waals surface area contributed by atoms with Crippen molar-refractivity contribution in [2.45, 2.75) is 6.54 Å². The lowest BCUT2D eigenvalue weighted by molar-refractivity contribution is 0.0995. The summed E-state index contributed by atoms with van der Waals surface area (Å²) < 4.78 is 5.79. The van der Waals surface area contributed by atoms with Crippen molar-refractivity contribution in [3.8, 4) is 11.5 Å². The van der Waals surface area contributed by atoms with Gasteiger partial charge in [-0.25, -0.2) is 9.97 Å². The van der Waals surface area contributed by atoms with Crippen LogP contribution in [0.1, 0.15) is 16.1 Å². The SMILES string of the molecule is NC(=O)c1cc(Oc2ccc3nc(NCc4ccccc4)ncc3c2)ccn1. The molecular weight excluding hydrogens is 354 g/mol. The first-order chi connectivity index (χ1) is 13.7. The Balaban J connectivity index is 1.50. The number of carbonyl (C=O) groups excluding carboxylic acids is 1. The molecule has 0 aliphatic rings. The zero-order valence-corrected chi connectivity index (χ0v) is 14.9. The lowest BCUT2D eigenvalue weighted by Crippen LogP contribution is -2.12. The normalized spacial score (nSPS) is 10.6. The summed E-state index contributed by atoms with van der Waals surface area (Å²) in [6.45, 7) is 0.651. The van der Waals surface area contributed by atoms with Crippen molar-refractivity contribution in [2.75, 3.05) is 5.32 Å². The van der Waals surface area contributed by atoms with Crippen molar-refractivity contribution in [3.05, 3.63) is 84.3 Å². The quantitative estimate of drug-likeness (QED) is 0.537. The van der Waals surface area contributed by atoms with Gasteiger partial charge in [0, 0.05) is 30.4 Å². The number of primary amides is 1. The van der Waals surface area contributed by atoms with Gasteiger partial charge in [-0.05, 0) is 29.8 Å². The van der Waals surface area contributed by atoms with Gasteiger partial charge in [-0.2, -0.15) is 0 Å². The van der Waals surface area contributed by atoms with Gasteiger partial charge in [-0.15, -0.1) is 0 Å². The summed E-state index contributed by atoms with van der Waals surface area (Å²) in [6.07, 6.45) is 3.22. The Morgan fingerprint density at radius 3 is 2.64 bits per heavy atom. The minimum atomic E-state index is -0.604. The average molecular weight is 371 g/mol. The lowest BCUT2D eigenvalue weighted by Gasteiger charge is -2.08. The number of anilines is 1. The fourth-order valence-electron chi connectivity index (χ4n) is 2.68. The van der Waals surface area contributed by atoms with E-state index in [4.69, 9.17) is 10.5 Å². The van der Waals surface area contributed by atoms with Crippen LogP contribution in [0, 0.1) is 0 Å². The van der Waals surface area contributed by atoms with Crippen LogP contribution in [0.4, 0.5) is 5.95 Å². The van der Waals surface area contributed by atoms with Crippen LogP contribution in [-0.4, -0.2) is 20.9 Å². The van der Waals surface area contributed by atoms with Crippen LogP contribution in [0.25, 0.3) is 10.9 Å². The number of rotatable bonds is 6. The molecule has 0 atom stereocenters. The molecule has 28 heavy (non-hydrogen) atoms. The van der Waals surface area contributed by atoms with Crippen LogP contribution in [0.15, 0.2) is 73.1 Å². The van der Waals surface area contributed by atoms with Crippen molar-refractivity contribution in [1.29, 1.82) is 0 Å². The summed E-state index contributed by atoms with van der Waals surface area (Å²) in [5.74, 6) is 1.03. The Morgan fingerprint density at radius 2 is 1.82 bits per heavy atom. The van der Waals surface area contributed by atoms with Crippen molar-refractivity contribution in [1.82, 2.24) is 15.0 Å². The monoisotopic (exact) mass is 371 g/mol. The summed E-state index contributed by atoms with van der Waals surface area (Å²) in [6, 6.07) is 18.7. The number of nitrogens with one attached hydrogen (secondary N) is 1. The molecule has 0 aliphatic carbocycles. The van der Waals surface area contributed by atoms with Crippen LogP contribution in [0.3, 0.4) is 0 Å². The van der Waals surface area contributed by atoms with E-state index >= 15 is 0 Å². The molecule has 7 nitrogen and oxygen atoms in total. The van der Waals surface area contributed by atoms with Crippen LogP contribution in [0.2, 0.25) is 0 Å². The Kier molecular flexibility index (Phi) is 4.79. The second-order valence-corrected chi connectivity index (χ2v) is 6.10. The molecular formula is C21H17N5O2. The zero-order chi connectivity index (χ0) is 19.3. The standard InChI is InChI=1S/C21H17N5O2/c22-20(27)19-11-17(8-9-23-19)28-16-6-7-18-15(10-16)13-25-21(26-18)24-12-14-4-2-1-3-5-14/h1-11,13H,12H2,(H2,22,27)(H,24,25,26). The van der Waals surface area contributed by atoms with Crippen LogP contribution in [-0.2, 0) is 6.54 Å². The van der Waals surface area contributed by atoms with E-state index in [-0.39, 0.29) is 5.69 Å². The summed E-state index contributed by atoms with van der Waals surface area (Å²) in [7, 11) is 0. The molecule has 0 saturated heterocycles. The summed E-state index contributed by atoms with van der Waals surface area (Å²) >= 11 is 0. The minimum absolute atomic E-state index is 0.149. The highest BCUT2D eigenvalue weighted by atomic mass is 16.5. The van der Waals surface area contributed by atoms with Gasteiger partial charge >= 0.3 is 0 Å². The van der Waals surface area contributed by atoms with Crippen LogP contribution < -0.4 is 15.8 Å². The highest BCUT2D eigenvalue weighted by Crippen LogP contribution is 2.25. The largest absolute Gasteiger partial charge is 0.457 e. The van der Waals surface area contributed by atoms with E-state index in [1.807, 2.05) is 42.5 Å². The maximum atomic E-state index is 11.2. The van der Waals surface area contributed by atoms with Gasteiger partial charge in [0.1, 0.15) is 17.2 Å². The molecule has 1 amide bonds. The van der Waals surface area contributed by atoms with Crippen molar-refractivity contribution in [2.24, 2.45) is 5.73 Å². The molecule has 2 aromatic heterocycles. The van der Waals surface area contributed by atoms with Crippen LogP contribution in [0.5, 0.6) is 11.5 Å². The number of benzene rings is 2. The topological polar surface area (TPSA) is 103 Å². The molecule has 4 rings (SSSR count). The van der Waals surface area contributed by atoms with Gasteiger partial charge in [-0.1, -0.05) is 30.3 Å². The minimum Gasteiger partial charge on any atom is -0.457 e. The predicted octanol–water partition coefficient (Wildman–Crippen LogP) is 3.53. The van der Waals surface area contributed by atoms with Crippen molar-refractivity contribution >= 4 is 22.8 Å². The van der Waals surface area contributed by atoms with Gasteiger partial charge < -0.3 is 15.8 Å². The molecule has 138 valence electrons. The lowest BCUT2D eigenvalue weighted by atomic mass is 10.2. The van der Waals surface area contributed by atoms with Crippen LogP contribution >= 0.6 is 0 Å². The van der Waals surface area contributed by atoms with E-state index in [1.54, 1.807) is 18.3 Å². The second kappa shape index (κ2) is 7.71. The number of aromatic nitrogens is 3. The fraction of sp³-hybridized carbons (Fsp3) is 0.0476. The number of nitrogens with two attached hydrogens (primary N) is 1. The van der Waals surface area contributed by atoms with E-state index in [1.165, 1.54) is 12.3 Å². The maximum absolute atomic E-state index is 11.2. The molecule has 0 radical (unpaired) electrons. The summed E-state index contributed by atoms with van der Waals surface area (Å²) in [5.41, 5.74) is 7.35. The third-order valence-electron chi connectivity index (χ3n) is 4.06. The van der Waals surface area contributed by atoms with Crippen molar-refractivity contribution < 1.29 is 9.53 Å². The second-order valence-electron chi connectivity index (χ2n) is 6.10. The number of amides is 1. The third kappa shape index (κ3) is 4.04. The molecule has 7 heteroatoms. The first kappa shape index (κ1) is 17.4. The van der Waals surface area contributed by atoms with Gasteiger partial charge in [0.05, 0.1) is 5.52 Å². The van der Waals surface area contributed by atoms with Gasteiger partial charge in [0.15, 0.2) is 0 Å². The Hall–Kier alpha value is -4.00. The van der Waals surface area contributed by atoms with Gasteiger partial charge in [-0.3, -0.25) is 9.78 Å². The molecule has 0 saturated carbocycles. The van der Waals surface area contributed by atoms with E-state index in [0.717, 1.165) is 16.5 Å². The van der Waals surface area contributed by atoms with Crippen molar-refractivity contribution in [3.63, 3.8) is 0 Å². The Bertz CT molecular complexity index is 1130. The molecule has 0 fully saturated rings. The number of hydrogen-bond donors (Lipinski definition) is 2. The van der Waals surface area contributed by atoms with Gasteiger partial charge in [0.25, 0.3) is 5.91 Å². The Morgan fingerprint density at radius 1 is 1.00 bits per heavy atom. The number of pyridine rings is 1. The van der Waals surface area contributed by atoms with E-state index in [9.17, 15) is 4.79 Å². The third-order valence-corrected chi connectivity index (χ3v) is 4.06. The smallest absolute Gasteiger partial charge is 0.267 e. The van der Waals surface area contributed by atoms with E-state index in [0.29, 0.717) is 24.0 Å². The molecule has 3 N–H and O–H groups in total. The molecule has 0 aliphatic heterocycles. The molecule has 2 aromatic carbocycles. The summed E-state index contributed by atoms with van der Waals surface area (Å²) in [4.78, 5) is 24.0. The highest BCUT2D eigenvalue weighted by molar-refractivity contribution is 5.91. The van der Waals surface area contributed by atoms with Gasteiger partial charge in [0.2, 0.25) is 5.95 Å². The number of nitrogens with zero attached hydrogens (tertiary/aromatic N) is 3. The number of ether oxygens (including phenoxy) is 1. The number of fused-ring (bicyclic) bond motifs is 1. The first-order valence-electron chi connectivity index (χ1n) is 8.66. The fourth-order valence-corrected chi connectivity index (χ4v) is 2.68. The molecule has 2 heterocycles. The maximum Gasteiger partial charge on any atom is 0.267 e. The molecule has 0 spiro atoms. The highest BCUT2D eigenvalue weighted by Gasteiger charge is 2.06. The average Bonchev–Trinajstić information content (AvgIpc) is 2.73. The van der Waals surface area contributed by atoms with E-state index < -0.39 is 5.91 Å².